The largest absolute Gasteiger partial charge is 0.511 e. The van der Waals surface area contributed by atoms with E-state index in [0.29, 0.717) is 11.6 Å². The van der Waals surface area contributed by atoms with Crippen molar-refractivity contribution in [3.05, 3.63) is 30.3 Å². The van der Waals surface area contributed by atoms with Gasteiger partial charge in [-0.15, -0.1) is 0 Å². The number of benzene rings is 1. The number of rotatable bonds is 3. The molecule has 0 amide bonds. The highest BCUT2D eigenvalue weighted by molar-refractivity contribution is 5.84. The number of pyridine rings is 1. The van der Waals surface area contributed by atoms with Gasteiger partial charge in [-0.2, -0.15) is 0 Å². The summed E-state index contributed by atoms with van der Waals surface area (Å²) in [5, 5.41) is 9.84. The molecule has 2 aromatic rings. The summed E-state index contributed by atoms with van der Waals surface area (Å²) < 4.78 is 4.96. The topological polar surface area (TPSA) is 65.9 Å². The van der Waals surface area contributed by atoms with Crippen molar-refractivity contribution in [1.82, 2.24) is 9.88 Å². The maximum atomic E-state index is 11.0. The number of likely N-dealkylation sites (N-methyl/N-ethyl adjacent to an activating group) is 1. The Labute approximate surface area is 128 Å². The number of para-hydroxylation sites is 1. The van der Waals surface area contributed by atoms with Crippen LogP contribution in [0, 0.1) is 0 Å². The van der Waals surface area contributed by atoms with Gasteiger partial charge in [0.2, 0.25) is 0 Å². The van der Waals surface area contributed by atoms with Crippen LogP contribution in [-0.2, 0) is 0 Å². The van der Waals surface area contributed by atoms with Crippen LogP contribution in [0.2, 0.25) is 0 Å². The van der Waals surface area contributed by atoms with Crippen molar-refractivity contribution in [2.45, 2.75) is 6.92 Å². The van der Waals surface area contributed by atoms with Crippen molar-refractivity contribution >= 4 is 22.9 Å². The van der Waals surface area contributed by atoms with E-state index in [2.05, 4.69) is 21.7 Å². The van der Waals surface area contributed by atoms with Crippen molar-refractivity contribution in [3.63, 3.8) is 0 Å². The Morgan fingerprint density at radius 1 is 1.27 bits per heavy atom. The number of piperazine rings is 1. The fraction of sp³-hybridized carbons (Fsp3) is 0.375. The predicted octanol–water partition coefficient (Wildman–Crippen LogP) is 2.43. The molecule has 6 nitrogen and oxygen atoms in total. The zero-order chi connectivity index (χ0) is 15.5. The van der Waals surface area contributed by atoms with E-state index in [-0.39, 0.29) is 0 Å². The van der Waals surface area contributed by atoms with Gasteiger partial charge in [0.05, 0.1) is 5.52 Å². The molecule has 1 fully saturated rings. The van der Waals surface area contributed by atoms with Gasteiger partial charge in [-0.25, -0.2) is 9.78 Å². The number of aromatic nitrogens is 1. The molecule has 2 heterocycles. The number of fused-ring (bicyclic) bond motifs is 1. The fourth-order valence-electron chi connectivity index (χ4n) is 2.76. The number of anilines is 1. The predicted molar refractivity (Wildman–Crippen MR) is 84.7 cm³/mol. The first-order chi connectivity index (χ1) is 10.7. The van der Waals surface area contributed by atoms with Crippen LogP contribution in [0.1, 0.15) is 6.92 Å². The summed E-state index contributed by atoms with van der Waals surface area (Å²) in [6, 6.07) is 9.39. The van der Waals surface area contributed by atoms with Crippen molar-refractivity contribution in [3.8, 4) is 5.75 Å². The average molecular weight is 301 g/mol. The highest BCUT2D eigenvalue weighted by atomic mass is 16.7. The van der Waals surface area contributed by atoms with Gasteiger partial charge in [0.1, 0.15) is 0 Å². The highest BCUT2D eigenvalue weighted by Gasteiger charge is 2.22. The summed E-state index contributed by atoms with van der Waals surface area (Å²) in [5.74, 6) is 0.910. The second kappa shape index (κ2) is 6.19. The SMILES string of the molecule is CCN1CCN(c2nc3ccccc3cc2OC(=O)O)CC1. The number of hydrogen-bond donors (Lipinski definition) is 1. The lowest BCUT2D eigenvalue weighted by molar-refractivity contribution is 0.144. The van der Waals surface area contributed by atoms with Crippen molar-refractivity contribution < 1.29 is 14.6 Å². The van der Waals surface area contributed by atoms with Crippen LogP contribution in [0.4, 0.5) is 10.6 Å². The molecule has 1 aliphatic rings. The fourth-order valence-corrected chi connectivity index (χ4v) is 2.76. The lowest BCUT2D eigenvalue weighted by atomic mass is 10.2. The van der Waals surface area contributed by atoms with Crippen LogP contribution in [0.15, 0.2) is 30.3 Å². The molecule has 0 atom stereocenters. The molecule has 1 N–H and O–H groups in total. The van der Waals surface area contributed by atoms with Crippen molar-refractivity contribution in [2.24, 2.45) is 0 Å². The van der Waals surface area contributed by atoms with E-state index in [1.165, 1.54) is 0 Å². The summed E-state index contributed by atoms with van der Waals surface area (Å²) in [5.41, 5.74) is 0.841. The molecular weight excluding hydrogens is 282 g/mol. The molecule has 3 rings (SSSR count). The van der Waals surface area contributed by atoms with E-state index in [4.69, 9.17) is 9.84 Å². The molecule has 0 radical (unpaired) electrons. The van der Waals surface area contributed by atoms with E-state index >= 15 is 0 Å². The summed E-state index contributed by atoms with van der Waals surface area (Å²) in [6.45, 7) is 6.68. The van der Waals surface area contributed by atoms with Gasteiger partial charge >= 0.3 is 6.16 Å². The van der Waals surface area contributed by atoms with Gasteiger partial charge in [0.25, 0.3) is 0 Å². The number of carbonyl (C=O) groups is 1. The molecule has 0 bridgehead atoms. The normalized spacial score (nSPS) is 16.0. The van der Waals surface area contributed by atoms with Gasteiger partial charge in [-0.05, 0) is 18.7 Å². The van der Waals surface area contributed by atoms with Gasteiger partial charge in [0, 0.05) is 31.6 Å². The molecule has 1 saturated heterocycles. The molecule has 1 aliphatic heterocycles. The van der Waals surface area contributed by atoms with Gasteiger partial charge in [0.15, 0.2) is 11.6 Å². The Hall–Kier alpha value is -2.34. The highest BCUT2D eigenvalue weighted by Crippen LogP contribution is 2.31. The lowest BCUT2D eigenvalue weighted by Gasteiger charge is -2.35. The second-order valence-corrected chi connectivity index (χ2v) is 5.29. The maximum Gasteiger partial charge on any atom is 0.511 e. The van der Waals surface area contributed by atoms with Gasteiger partial charge < -0.3 is 19.6 Å². The third-order valence-electron chi connectivity index (χ3n) is 3.99. The molecule has 0 spiro atoms. The molecule has 1 aromatic heterocycles. The van der Waals surface area contributed by atoms with E-state index in [0.717, 1.165) is 43.6 Å². The first-order valence-electron chi connectivity index (χ1n) is 7.45. The molecule has 0 unspecified atom stereocenters. The van der Waals surface area contributed by atoms with E-state index in [1.54, 1.807) is 6.07 Å². The molecule has 22 heavy (non-hydrogen) atoms. The van der Waals surface area contributed by atoms with Crippen LogP contribution in [-0.4, -0.2) is 53.9 Å². The molecule has 0 saturated carbocycles. The molecular formula is C16H19N3O3. The Kier molecular flexibility index (Phi) is 4.11. The van der Waals surface area contributed by atoms with Crippen LogP contribution < -0.4 is 9.64 Å². The molecule has 6 heteroatoms. The minimum absolute atomic E-state index is 0.302. The summed E-state index contributed by atoms with van der Waals surface area (Å²) in [7, 11) is 0. The minimum Gasteiger partial charge on any atom is -0.449 e. The Morgan fingerprint density at radius 3 is 2.68 bits per heavy atom. The summed E-state index contributed by atoms with van der Waals surface area (Å²) >= 11 is 0. The Bertz CT molecular complexity index is 681. The summed E-state index contributed by atoms with van der Waals surface area (Å²) in [6.07, 6.45) is -1.31. The third kappa shape index (κ3) is 2.96. The van der Waals surface area contributed by atoms with E-state index < -0.39 is 6.16 Å². The zero-order valence-electron chi connectivity index (χ0n) is 12.5. The molecule has 1 aromatic carbocycles. The first kappa shape index (κ1) is 14.6. The third-order valence-corrected chi connectivity index (χ3v) is 3.99. The first-order valence-corrected chi connectivity index (χ1v) is 7.45. The van der Waals surface area contributed by atoms with Crippen LogP contribution in [0.3, 0.4) is 0 Å². The average Bonchev–Trinajstić information content (AvgIpc) is 2.54. The lowest BCUT2D eigenvalue weighted by Crippen LogP contribution is -2.46. The quantitative estimate of drug-likeness (QED) is 0.878. The standard InChI is InChI=1S/C16H19N3O3/c1-2-18-7-9-19(10-8-18)15-14(22-16(20)21)11-12-5-3-4-6-13(12)17-15/h3-6,11H,2,7-10H2,1H3,(H,20,21). The number of nitrogens with zero attached hydrogens (tertiary/aromatic N) is 3. The Balaban J connectivity index is 1.97. The van der Waals surface area contributed by atoms with Crippen molar-refractivity contribution in [2.75, 3.05) is 37.6 Å². The number of carboxylic acid groups (broad SMARTS) is 1. The van der Waals surface area contributed by atoms with E-state index in [9.17, 15) is 4.79 Å². The van der Waals surface area contributed by atoms with E-state index in [1.807, 2.05) is 24.3 Å². The zero-order valence-corrected chi connectivity index (χ0v) is 12.5. The Morgan fingerprint density at radius 2 is 2.00 bits per heavy atom. The van der Waals surface area contributed by atoms with Crippen LogP contribution in [0.25, 0.3) is 10.9 Å². The maximum absolute atomic E-state index is 11.0. The van der Waals surface area contributed by atoms with Crippen molar-refractivity contribution in [1.29, 1.82) is 0 Å². The van der Waals surface area contributed by atoms with Crippen LogP contribution in [0.5, 0.6) is 5.75 Å². The minimum atomic E-state index is -1.31. The van der Waals surface area contributed by atoms with Gasteiger partial charge in [-0.3, -0.25) is 0 Å². The summed E-state index contributed by atoms with van der Waals surface area (Å²) in [4.78, 5) is 20.0. The molecule has 116 valence electrons. The number of ether oxygens (including phenoxy) is 1. The van der Waals surface area contributed by atoms with Gasteiger partial charge in [-0.1, -0.05) is 25.1 Å². The number of hydrogen-bond acceptors (Lipinski definition) is 5. The van der Waals surface area contributed by atoms with Crippen LogP contribution >= 0.6 is 0 Å². The second-order valence-electron chi connectivity index (χ2n) is 5.29. The smallest absolute Gasteiger partial charge is 0.449 e. The monoisotopic (exact) mass is 301 g/mol. The molecule has 0 aliphatic carbocycles.